The summed E-state index contributed by atoms with van der Waals surface area (Å²) in [7, 11) is 0. The van der Waals surface area contributed by atoms with E-state index in [2.05, 4.69) is 21.0 Å². The molecule has 0 saturated carbocycles. The first-order valence-electron chi connectivity index (χ1n) is 2.91. The Labute approximate surface area is 67.4 Å². The van der Waals surface area contributed by atoms with E-state index >= 15 is 0 Å². The zero-order valence-corrected chi connectivity index (χ0v) is 7.09. The van der Waals surface area contributed by atoms with E-state index in [1.54, 1.807) is 10.9 Å². The number of hydrogen-bond donors (Lipinski definition) is 0. The topological polar surface area (TPSA) is 41.6 Å². The second-order valence-electron chi connectivity index (χ2n) is 1.79. The lowest BCUT2D eigenvalue weighted by atomic mass is 10.5. The second-order valence-corrected chi connectivity index (χ2v) is 2.65. The van der Waals surface area contributed by atoms with Crippen LogP contribution in [0.3, 0.4) is 0 Å². The van der Waals surface area contributed by atoms with Gasteiger partial charge >= 0.3 is 0 Å². The van der Waals surface area contributed by atoms with Crippen molar-refractivity contribution >= 4 is 15.9 Å². The highest BCUT2D eigenvalue weighted by Gasteiger charge is 2.02. The predicted octanol–water partition coefficient (Wildman–Crippen LogP) is 1.54. The van der Waals surface area contributed by atoms with Gasteiger partial charge in [-0.2, -0.15) is 10.4 Å². The zero-order chi connectivity index (χ0) is 7.56. The van der Waals surface area contributed by atoms with Gasteiger partial charge in [-0.25, -0.2) is 0 Å². The molecule has 0 atom stereocenters. The second kappa shape index (κ2) is 2.84. The van der Waals surface area contributed by atoms with Crippen molar-refractivity contribution in [2.75, 3.05) is 0 Å². The molecule has 0 amide bonds. The smallest absolute Gasteiger partial charge is 0.176 e. The van der Waals surface area contributed by atoms with Crippen LogP contribution in [0.5, 0.6) is 0 Å². The van der Waals surface area contributed by atoms with Crippen LogP contribution in [0.25, 0.3) is 0 Å². The summed E-state index contributed by atoms with van der Waals surface area (Å²) in [6.45, 7) is 2.76. The number of aromatic nitrogens is 2. The van der Waals surface area contributed by atoms with Crippen molar-refractivity contribution < 1.29 is 0 Å². The van der Waals surface area contributed by atoms with Crippen molar-refractivity contribution in [3.63, 3.8) is 0 Å². The van der Waals surface area contributed by atoms with Crippen molar-refractivity contribution in [3.05, 3.63) is 16.4 Å². The Hall–Kier alpha value is -0.820. The summed E-state index contributed by atoms with van der Waals surface area (Å²) in [5.74, 6) is 0. The normalized spacial score (nSPS) is 9.30. The van der Waals surface area contributed by atoms with Gasteiger partial charge in [-0.15, -0.1) is 0 Å². The minimum absolute atomic E-state index is 0.446. The quantitative estimate of drug-likeness (QED) is 0.689. The molecule has 0 aliphatic rings. The molecule has 0 fully saturated rings. The van der Waals surface area contributed by atoms with E-state index in [1.807, 2.05) is 13.0 Å². The summed E-state index contributed by atoms with van der Waals surface area (Å²) in [4.78, 5) is 0. The number of halogens is 1. The van der Waals surface area contributed by atoms with Crippen LogP contribution in [0, 0.1) is 11.3 Å². The van der Waals surface area contributed by atoms with Gasteiger partial charge in [0.05, 0.1) is 4.47 Å². The van der Waals surface area contributed by atoms with E-state index in [9.17, 15) is 0 Å². The third-order valence-corrected chi connectivity index (χ3v) is 1.73. The van der Waals surface area contributed by atoms with E-state index in [-0.39, 0.29) is 0 Å². The van der Waals surface area contributed by atoms with E-state index in [0.29, 0.717) is 5.69 Å². The third kappa shape index (κ3) is 1.19. The summed E-state index contributed by atoms with van der Waals surface area (Å²) in [5, 5.41) is 12.4. The van der Waals surface area contributed by atoms with Crippen LogP contribution >= 0.6 is 15.9 Å². The Balaban J connectivity index is 3.07. The van der Waals surface area contributed by atoms with Crippen LogP contribution in [-0.2, 0) is 6.54 Å². The lowest BCUT2D eigenvalue weighted by molar-refractivity contribution is 0.657. The zero-order valence-electron chi connectivity index (χ0n) is 5.50. The van der Waals surface area contributed by atoms with E-state index in [0.717, 1.165) is 11.0 Å². The molecule has 0 aromatic carbocycles. The fourth-order valence-electron chi connectivity index (χ4n) is 0.635. The molecule has 0 bridgehead atoms. The highest BCUT2D eigenvalue weighted by molar-refractivity contribution is 9.10. The third-order valence-electron chi connectivity index (χ3n) is 1.15. The molecule has 1 heterocycles. The summed E-state index contributed by atoms with van der Waals surface area (Å²) in [6.07, 6.45) is 1.79. The van der Waals surface area contributed by atoms with Crippen molar-refractivity contribution in [3.8, 4) is 6.07 Å². The van der Waals surface area contributed by atoms with E-state index in [4.69, 9.17) is 5.26 Å². The van der Waals surface area contributed by atoms with Crippen LogP contribution in [0.15, 0.2) is 10.7 Å². The minimum Gasteiger partial charge on any atom is -0.271 e. The Morgan fingerprint density at radius 3 is 2.90 bits per heavy atom. The molecule has 0 unspecified atom stereocenters. The average Bonchev–Trinajstić information content (AvgIpc) is 2.30. The van der Waals surface area contributed by atoms with Gasteiger partial charge in [0.15, 0.2) is 5.69 Å². The van der Waals surface area contributed by atoms with Gasteiger partial charge in [-0.1, -0.05) is 0 Å². The van der Waals surface area contributed by atoms with Crippen molar-refractivity contribution in [2.24, 2.45) is 0 Å². The monoisotopic (exact) mass is 199 g/mol. The molecule has 0 saturated heterocycles. The van der Waals surface area contributed by atoms with E-state index in [1.165, 1.54) is 0 Å². The van der Waals surface area contributed by atoms with Gasteiger partial charge in [-0.05, 0) is 22.9 Å². The molecule has 10 heavy (non-hydrogen) atoms. The first kappa shape index (κ1) is 7.29. The van der Waals surface area contributed by atoms with Crippen LogP contribution in [0.2, 0.25) is 0 Å². The Bertz CT molecular complexity index is 271. The number of rotatable bonds is 1. The Kier molecular flexibility index (Phi) is 2.07. The summed E-state index contributed by atoms with van der Waals surface area (Å²) in [6, 6.07) is 1.97. The van der Waals surface area contributed by atoms with Gasteiger partial charge in [0, 0.05) is 12.7 Å². The van der Waals surface area contributed by atoms with Crippen molar-refractivity contribution in [1.82, 2.24) is 9.78 Å². The Morgan fingerprint density at radius 2 is 2.60 bits per heavy atom. The van der Waals surface area contributed by atoms with E-state index < -0.39 is 0 Å². The summed E-state index contributed by atoms with van der Waals surface area (Å²) in [5.41, 5.74) is 0.446. The molecule has 0 radical (unpaired) electrons. The van der Waals surface area contributed by atoms with Crippen LogP contribution in [0.4, 0.5) is 0 Å². The summed E-state index contributed by atoms with van der Waals surface area (Å²) < 4.78 is 2.47. The molecule has 1 aromatic heterocycles. The molecule has 52 valence electrons. The van der Waals surface area contributed by atoms with Crippen molar-refractivity contribution in [1.29, 1.82) is 5.26 Å². The number of hydrogen-bond acceptors (Lipinski definition) is 2. The van der Waals surface area contributed by atoms with Crippen LogP contribution in [-0.4, -0.2) is 9.78 Å². The lowest BCUT2D eigenvalue weighted by Gasteiger charge is -1.88. The largest absolute Gasteiger partial charge is 0.271 e. The van der Waals surface area contributed by atoms with Gasteiger partial charge in [0.25, 0.3) is 0 Å². The van der Waals surface area contributed by atoms with Gasteiger partial charge in [0.2, 0.25) is 0 Å². The van der Waals surface area contributed by atoms with Crippen LogP contribution in [0.1, 0.15) is 12.6 Å². The molecule has 1 aromatic rings. The fourth-order valence-corrected chi connectivity index (χ4v) is 1.04. The molecule has 4 heteroatoms. The standard InChI is InChI=1S/C6H6BrN3/c1-2-10-4-5(7)6(3-8)9-10/h4H,2H2,1H3. The molecule has 1 rings (SSSR count). The molecular weight excluding hydrogens is 194 g/mol. The van der Waals surface area contributed by atoms with Gasteiger partial charge < -0.3 is 0 Å². The van der Waals surface area contributed by atoms with Gasteiger partial charge in [0.1, 0.15) is 6.07 Å². The SMILES string of the molecule is CCn1cc(Br)c(C#N)n1. The first-order chi connectivity index (χ1) is 4.77. The summed E-state index contributed by atoms with van der Waals surface area (Å²) >= 11 is 3.21. The van der Waals surface area contributed by atoms with Gasteiger partial charge in [-0.3, -0.25) is 4.68 Å². The molecule has 0 N–H and O–H groups in total. The fraction of sp³-hybridized carbons (Fsp3) is 0.333. The molecule has 0 spiro atoms. The maximum atomic E-state index is 8.47. The maximum absolute atomic E-state index is 8.47. The number of nitrogens with zero attached hydrogens (tertiary/aromatic N) is 3. The molecule has 0 aliphatic heterocycles. The van der Waals surface area contributed by atoms with Crippen LogP contribution < -0.4 is 0 Å². The Morgan fingerprint density at radius 1 is 1.90 bits per heavy atom. The highest BCUT2D eigenvalue weighted by Crippen LogP contribution is 2.12. The highest BCUT2D eigenvalue weighted by atomic mass is 79.9. The molecular formula is C6H6BrN3. The number of nitriles is 1. The maximum Gasteiger partial charge on any atom is 0.176 e. The number of aryl methyl sites for hydroxylation is 1. The average molecular weight is 200 g/mol. The first-order valence-corrected chi connectivity index (χ1v) is 3.70. The predicted molar refractivity (Wildman–Crippen MR) is 40.3 cm³/mol. The molecule has 0 aliphatic carbocycles. The molecule has 3 nitrogen and oxygen atoms in total. The minimum atomic E-state index is 0.446. The van der Waals surface area contributed by atoms with Crippen molar-refractivity contribution in [2.45, 2.75) is 13.5 Å². The lowest BCUT2D eigenvalue weighted by Crippen LogP contribution is -1.93.